The van der Waals surface area contributed by atoms with E-state index in [4.69, 9.17) is 11.6 Å². The van der Waals surface area contributed by atoms with Crippen molar-refractivity contribution in [2.24, 2.45) is 0 Å². The van der Waals surface area contributed by atoms with Crippen molar-refractivity contribution in [2.45, 2.75) is 12.6 Å². The maximum Gasteiger partial charge on any atom is 0.417 e. The Morgan fingerprint density at radius 3 is 2.57 bits per heavy atom. The Labute approximate surface area is 124 Å². The van der Waals surface area contributed by atoms with Crippen LogP contribution in [0.25, 0.3) is 10.9 Å². The number of aromatic amines is 1. The average Bonchev–Trinajstić information content (AvgIpc) is 2.83. The Hall–Kier alpha value is -1.94. The highest BCUT2D eigenvalue weighted by atomic mass is 35.5. The van der Waals surface area contributed by atoms with E-state index in [-0.39, 0.29) is 5.02 Å². The second kappa shape index (κ2) is 5.11. The van der Waals surface area contributed by atoms with Gasteiger partial charge in [-0.25, -0.2) is 0 Å². The maximum atomic E-state index is 12.9. The van der Waals surface area contributed by atoms with Crippen molar-refractivity contribution in [3.8, 4) is 0 Å². The lowest BCUT2D eigenvalue weighted by Gasteiger charge is -2.10. The summed E-state index contributed by atoms with van der Waals surface area (Å²) >= 11 is 5.63. The third-order valence-electron chi connectivity index (χ3n) is 3.41. The number of H-pyrrole nitrogens is 1. The number of benzene rings is 2. The van der Waals surface area contributed by atoms with Gasteiger partial charge in [-0.2, -0.15) is 13.2 Å². The predicted molar refractivity (Wildman–Crippen MR) is 77.6 cm³/mol. The highest BCUT2D eigenvalue weighted by molar-refractivity contribution is 6.31. The smallest absolute Gasteiger partial charge is 0.361 e. The average molecular weight is 310 g/mol. The number of nitrogens with one attached hydrogen (secondary N) is 1. The molecule has 3 rings (SSSR count). The van der Waals surface area contributed by atoms with Crippen LogP contribution in [0, 0.1) is 0 Å². The third-order valence-corrected chi connectivity index (χ3v) is 3.74. The molecule has 0 aliphatic carbocycles. The SMILES string of the molecule is FC(F)(F)c1cc(Cc2c[nH]c3ccccc23)ccc1Cl. The summed E-state index contributed by atoms with van der Waals surface area (Å²) in [5.41, 5.74) is 1.72. The van der Waals surface area contributed by atoms with E-state index in [9.17, 15) is 13.2 Å². The normalized spacial score (nSPS) is 12.0. The van der Waals surface area contributed by atoms with Gasteiger partial charge in [0.05, 0.1) is 10.6 Å². The molecule has 1 aromatic heterocycles. The van der Waals surface area contributed by atoms with Gasteiger partial charge in [-0.15, -0.1) is 0 Å². The molecule has 0 unspecified atom stereocenters. The van der Waals surface area contributed by atoms with E-state index in [1.165, 1.54) is 6.07 Å². The van der Waals surface area contributed by atoms with E-state index in [0.29, 0.717) is 12.0 Å². The minimum Gasteiger partial charge on any atom is -0.361 e. The van der Waals surface area contributed by atoms with Crippen molar-refractivity contribution in [1.29, 1.82) is 0 Å². The molecule has 1 nitrogen and oxygen atoms in total. The largest absolute Gasteiger partial charge is 0.417 e. The second-order valence-corrected chi connectivity index (χ2v) is 5.26. The van der Waals surface area contributed by atoms with Gasteiger partial charge in [0.25, 0.3) is 0 Å². The molecule has 0 aliphatic heterocycles. The van der Waals surface area contributed by atoms with Gasteiger partial charge in [0.1, 0.15) is 0 Å². The Balaban J connectivity index is 1.99. The van der Waals surface area contributed by atoms with Gasteiger partial charge >= 0.3 is 6.18 Å². The molecule has 0 saturated heterocycles. The molecule has 0 bridgehead atoms. The predicted octanol–water partition coefficient (Wildman–Crippen LogP) is 5.43. The lowest BCUT2D eigenvalue weighted by atomic mass is 10.0. The summed E-state index contributed by atoms with van der Waals surface area (Å²) < 4.78 is 38.6. The summed E-state index contributed by atoms with van der Waals surface area (Å²) in [4.78, 5) is 3.12. The molecular formula is C16H11ClF3N. The highest BCUT2D eigenvalue weighted by Gasteiger charge is 2.33. The molecule has 1 heterocycles. The van der Waals surface area contributed by atoms with Crippen molar-refractivity contribution in [3.63, 3.8) is 0 Å². The first-order chi connectivity index (χ1) is 9.95. The van der Waals surface area contributed by atoms with Gasteiger partial charge in [-0.3, -0.25) is 0 Å². The van der Waals surface area contributed by atoms with Gasteiger partial charge in [-0.1, -0.05) is 35.9 Å². The lowest BCUT2D eigenvalue weighted by Crippen LogP contribution is -2.06. The van der Waals surface area contributed by atoms with E-state index in [1.807, 2.05) is 30.5 Å². The Bertz CT molecular complexity index is 790. The first-order valence-corrected chi connectivity index (χ1v) is 6.73. The number of hydrogen-bond acceptors (Lipinski definition) is 0. The first-order valence-electron chi connectivity index (χ1n) is 6.36. The summed E-state index contributed by atoms with van der Waals surface area (Å²) in [5, 5.41) is 0.742. The zero-order valence-electron chi connectivity index (χ0n) is 10.8. The van der Waals surface area contributed by atoms with E-state index >= 15 is 0 Å². The first kappa shape index (κ1) is 14.0. The van der Waals surface area contributed by atoms with Crippen molar-refractivity contribution in [2.75, 3.05) is 0 Å². The van der Waals surface area contributed by atoms with E-state index < -0.39 is 11.7 Å². The number of halogens is 4. The molecule has 0 aliphatic rings. The zero-order chi connectivity index (χ0) is 15.0. The lowest BCUT2D eigenvalue weighted by molar-refractivity contribution is -0.137. The number of rotatable bonds is 2. The van der Waals surface area contributed by atoms with Crippen molar-refractivity contribution in [1.82, 2.24) is 4.98 Å². The quantitative estimate of drug-likeness (QED) is 0.649. The van der Waals surface area contributed by atoms with Crippen molar-refractivity contribution < 1.29 is 13.2 Å². The molecular weight excluding hydrogens is 299 g/mol. The third kappa shape index (κ3) is 2.76. The molecule has 0 atom stereocenters. The van der Waals surface area contributed by atoms with Crippen LogP contribution in [0.4, 0.5) is 13.2 Å². The number of para-hydroxylation sites is 1. The van der Waals surface area contributed by atoms with Crippen LogP contribution in [0.2, 0.25) is 5.02 Å². The summed E-state index contributed by atoms with van der Waals surface area (Å²) in [7, 11) is 0. The topological polar surface area (TPSA) is 15.8 Å². The van der Waals surface area contributed by atoms with Crippen LogP contribution < -0.4 is 0 Å². The number of hydrogen-bond donors (Lipinski definition) is 1. The minimum atomic E-state index is -4.44. The van der Waals surface area contributed by atoms with Crippen LogP contribution in [0.1, 0.15) is 16.7 Å². The molecule has 0 fully saturated rings. The zero-order valence-corrected chi connectivity index (χ0v) is 11.6. The minimum absolute atomic E-state index is 0.273. The fraction of sp³-hybridized carbons (Fsp3) is 0.125. The van der Waals surface area contributed by atoms with Crippen molar-refractivity contribution in [3.05, 3.63) is 70.4 Å². The van der Waals surface area contributed by atoms with E-state index in [0.717, 1.165) is 22.5 Å². The van der Waals surface area contributed by atoms with Gasteiger partial charge in [0.2, 0.25) is 0 Å². The van der Waals surface area contributed by atoms with Gasteiger partial charge in [0, 0.05) is 17.1 Å². The summed E-state index contributed by atoms with van der Waals surface area (Å²) in [5.74, 6) is 0. The molecule has 21 heavy (non-hydrogen) atoms. The maximum absolute atomic E-state index is 12.9. The van der Waals surface area contributed by atoms with E-state index in [2.05, 4.69) is 4.98 Å². The monoisotopic (exact) mass is 309 g/mol. The number of aromatic nitrogens is 1. The molecule has 1 N–H and O–H groups in total. The van der Waals surface area contributed by atoms with Crippen LogP contribution in [-0.4, -0.2) is 4.98 Å². The van der Waals surface area contributed by atoms with Gasteiger partial charge < -0.3 is 4.98 Å². The van der Waals surface area contributed by atoms with Crippen LogP contribution in [0.3, 0.4) is 0 Å². The number of fused-ring (bicyclic) bond motifs is 1. The van der Waals surface area contributed by atoms with E-state index in [1.54, 1.807) is 6.07 Å². The molecule has 108 valence electrons. The molecule has 0 saturated carbocycles. The van der Waals surface area contributed by atoms with Crippen LogP contribution in [-0.2, 0) is 12.6 Å². The molecule has 5 heteroatoms. The Kier molecular flexibility index (Phi) is 3.41. The molecule has 3 aromatic rings. The van der Waals surface area contributed by atoms with Gasteiger partial charge in [-0.05, 0) is 35.7 Å². The van der Waals surface area contributed by atoms with Crippen LogP contribution >= 0.6 is 11.6 Å². The standard InChI is InChI=1S/C16H11ClF3N/c17-14-6-5-10(8-13(14)16(18,19)20)7-11-9-21-15-4-2-1-3-12(11)15/h1-6,8-9,21H,7H2. The summed E-state index contributed by atoms with van der Waals surface area (Å²) in [6.45, 7) is 0. The van der Waals surface area contributed by atoms with Gasteiger partial charge in [0.15, 0.2) is 0 Å². The van der Waals surface area contributed by atoms with Crippen molar-refractivity contribution >= 4 is 22.5 Å². The fourth-order valence-electron chi connectivity index (χ4n) is 2.40. The summed E-state index contributed by atoms with van der Waals surface area (Å²) in [6.07, 6.45) is -2.19. The second-order valence-electron chi connectivity index (χ2n) is 4.85. The molecule has 0 radical (unpaired) electrons. The molecule has 2 aromatic carbocycles. The van der Waals surface area contributed by atoms with Crippen LogP contribution in [0.15, 0.2) is 48.7 Å². The Morgan fingerprint density at radius 2 is 1.81 bits per heavy atom. The van der Waals surface area contributed by atoms with Crippen LogP contribution in [0.5, 0.6) is 0 Å². The highest BCUT2D eigenvalue weighted by Crippen LogP contribution is 2.35. The molecule has 0 amide bonds. The fourth-order valence-corrected chi connectivity index (χ4v) is 2.62. The summed E-state index contributed by atoms with van der Waals surface area (Å²) in [6, 6.07) is 11.7. The number of alkyl halides is 3. The molecule has 0 spiro atoms. The Morgan fingerprint density at radius 1 is 1.05 bits per heavy atom.